The van der Waals surface area contributed by atoms with Gasteiger partial charge in [0, 0.05) is 13.0 Å². The van der Waals surface area contributed by atoms with Gasteiger partial charge in [-0.25, -0.2) is 9.59 Å². The molecule has 2 aromatic carbocycles. The normalized spacial score (nSPS) is 13.5. The Morgan fingerprint density at radius 1 is 0.844 bits per heavy atom. The summed E-state index contributed by atoms with van der Waals surface area (Å²) in [5, 5.41) is 5.30. The first-order chi connectivity index (χ1) is 20.9. The van der Waals surface area contributed by atoms with E-state index in [0.29, 0.717) is 12.0 Å². The Hall–Kier alpha value is -4.41. The molecule has 0 saturated carbocycles. The number of esters is 1. The third kappa shape index (κ3) is 12.6. The van der Waals surface area contributed by atoms with Crippen LogP contribution in [0.1, 0.15) is 84.0 Å². The van der Waals surface area contributed by atoms with Crippen LogP contribution >= 0.6 is 0 Å². The van der Waals surface area contributed by atoms with Crippen molar-refractivity contribution in [3.8, 4) is 0 Å². The molecule has 0 heterocycles. The fourth-order valence-electron chi connectivity index (χ4n) is 4.64. The largest absolute Gasteiger partial charge is 0.458 e. The van der Waals surface area contributed by atoms with Crippen LogP contribution in [0.5, 0.6) is 0 Å². The Kier molecular flexibility index (Phi) is 13.1. The van der Waals surface area contributed by atoms with Gasteiger partial charge >= 0.3 is 12.1 Å². The average molecular weight is 625 g/mol. The number of alkyl carbamates (subject to hydrolysis) is 1. The smallest absolute Gasteiger partial charge is 0.408 e. The zero-order chi connectivity index (χ0) is 33.9. The van der Waals surface area contributed by atoms with E-state index in [1.807, 2.05) is 50.2 Å². The van der Waals surface area contributed by atoms with E-state index < -0.39 is 65.5 Å². The molecular weight excluding hydrogens is 576 g/mol. The van der Waals surface area contributed by atoms with E-state index in [-0.39, 0.29) is 13.0 Å². The molecule has 0 bridgehead atoms. The van der Waals surface area contributed by atoms with Crippen molar-refractivity contribution in [2.45, 2.75) is 104 Å². The summed E-state index contributed by atoms with van der Waals surface area (Å²) in [6, 6.07) is 12.6. The van der Waals surface area contributed by atoms with Crippen LogP contribution in [-0.2, 0) is 35.1 Å². The number of rotatable bonds is 13. The van der Waals surface area contributed by atoms with Crippen molar-refractivity contribution in [3.05, 3.63) is 71.3 Å². The fraction of sp³-hybridized carbons (Fsp3) is 0.500. The summed E-state index contributed by atoms with van der Waals surface area (Å²) >= 11 is 0. The van der Waals surface area contributed by atoms with E-state index in [2.05, 4.69) is 10.6 Å². The van der Waals surface area contributed by atoms with Gasteiger partial charge in [-0.05, 0) is 66.0 Å². The number of hydrogen-bond acceptors (Lipinski definition) is 7. The van der Waals surface area contributed by atoms with Crippen LogP contribution in [0.15, 0.2) is 54.6 Å². The lowest BCUT2D eigenvalue weighted by Crippen LogP contribution is -2.55. The highest BCUT2D eigenvalue weighted by atomic mass is 16.6. The second-order valence-electron chi connectivity index (χ2n) is 13.0. The van der Waals surface area contributed by atoms with Crippen LogP contribution < -0.4 is 16.4 Å². The Morgan fingerprint density at radius 2 is 1.47 bits per heavy atom. The molecular formula is C34H48N4O7. The van der Waals surface area contributed by atoms with Gasteiger partial charge < -0.3 is 30.7 Å². The van der Waals surface area contributed by atoms with Crippen LogP contribution in [-0.4, -0.2) is 64.5 Å². The van der Waals surface area contributed by atoms with E-state index in [0.717, 1.165) is 11.1 Å². The van der Waals surface area contributed by atoms with E-state index in [1.165, 1.54) is 4.90 Å². The first-order valence-corrected chi connectivity index (χ1v) is 15.1. The maximum Gasteiger partial charge on any atom is 0.408 e. The van der Waals surface area contributed by atoms with Gasteiger partial charge in [0.25, 0.3) is 0 Å². The average Bonchev–Trinajstić information content (AvgIpc) is 2.90. The minimum absolute atomic E-state index is 0.0892. The number of benzene rings is 2. The standard InChI is InChI=1S/C34H48N4O7/c1-9-18-38(30(41)25(21-27(35)39)37-32(43)45-34(6,7)8)28(24-17-13-14-22(2)19-24)29(40)36-26(31(42)44-33(3,4)5)20-23-15-11-10-12-16-23/h10-17,19,25-26,28H,9,18,20-21H2,1-8H3,(H2,35,39)(H,36,40)(H,37,43). The number of nitrogens with one attached hydrogen (secondary N) is 2. The van der Waals surface area contributed by atoms with Gasteiger partial charge in [0.05, 0.1) is 6.42 Å². The van der Waals surface area contributed by atoms with Crippen molar-refractivity contribution >= 4 is 29.8 Å². The molecule has 2 rings (SSSR count). The maximum absolute atomic E-state index is 14.3. The van der Waals surface area contributed by atoms with Gasteiger partial charge in [0.15, 0.2) is 0 Å². The van der Waals surface area contributed by atoms with Crippen LogP contribution in [0.2, 0.25) is 0 Å². The van der Waals surface area contributed by atoms with Gasteiger partial charge in [-0.15, -0.1) is 0 Å². The lowest BCUT2D eigenvalue weighted by Gasteiger charge is -2.35. The quantitative estimate of drug-likeness (QED) is 0.283. The zero-order valence-corrected chi connectivity index (χ0v) is 27.6. The molecule has 246 valence electrons. The third-order valence-corrected chi connectivity index (χ3v) is 6.35. The Morgan fingerprint density at radius 3 is 2.00 bits per heavy atom. The van der Waals surface area contributed by atoms with Gasteiger partial charge in [0.2, 0.25) is 17.7 Å². The number of hydrogen-bond donors (Lipinski definition) is 3. The summed E-state index contributed by atoms with van der Waals surface area (Å²) in [5.41, 5.74) is 5.90. The number of carbonyl (C=O) groups excluding carboxylic acids is 5. The summed E-state index contributed by atoms with van der Waals surface area (Å²) in [4.78, 5) is 67.8. The van der Waals surface area contributed by atoms with Gasteiger partial charge in [-0.1, -0.05) is 67.1 Å². The first-order valence-electron chi connectivity index (χ1n) is 15.1. The molecule has 0 aromatic heterocycles. The second kappa shape index (κ2) is 16.1. The van der Waals surface area contributed by atoms with Crippen LogP contribution in [0.25, 0.3) is 0 Å². The van der Waals surface area contributed by atoms with Gasteiger partial charge in [-0.2, -0.15) is 0 Å². The van der Waals surface area contributed by atoms with Crippen molar-refractivity contribution in [3.63, 3.8) is 0 Å². The Labute approximate surface area is 266 Å². The van der Waals surface area contributed by atoms with Crippen molar-refractivity contribution in [2.75, 3.05) is 6.54 Å². The summed E-state index contributed by atoms with van der Waals surface area (Å²) < 4.78 is 11.0. The zero-order valence-electron chi connectivity index (χ0n) is 27.6. The lowest BCUT2D eigenvalue weighted by atomic mass is 9.99. The van der Waals surface area contributed by atoms with E-state index in [1.54, 1.807) is 59.7 Å². The Balaban J connectivity index is 2.58. The molecule has 4 amide bonds. The lowest BCUT2D eigenvalue weighted by molar-refractivity contribution is -0.159. The predicted octanol–water partition coefficient (Wildman–Crippen LogP) is 4.11. The Bertz CT molecular complexity index is 1330. The topological polar surface area (TPSA) is 157 Å². The number of carbonyl (C=O) groups is 5. The monoisotopic (exact) mass is 624 g/mol. The molecule has 0 aliphatic carbocycles. The molecule has 4 N–H and O–H groups in total. The first kappa shape index (κ1) is 36.8. The molecule has 0 spiro atoms. The van der Waals surface area contributed by atoms with Crippen molar-refractivity contribution in [1.82, 2.24) is 15.5 Å². The number of amides is 4. The summed E-state index contributed by atoms with van der Waals surface area (Å²) in [6.07, 6.45) is -0.845. The number of primary amides is 1. The minimum atomic E-state index is -1.41. The minimum Gasteiger partial charge on any atom is -0.458 e. The summed E-state index contributed by atoms with van der Waals surface area (Å²) in [6.45, 7) is 14.0. The molecule has 0 saturated heterocycles. The van der Waals surface area contributed by atoms with Crippen molar-refractivity contribution < 1.29 is 33.4 Å². The third-order valence-electron chi connectivity index (χ3n) is 6.35. The van der Waals surface area contributed by atoms with Gasteiger partial charge in [0.1, 0.15) is 29.3 Å². The molecule has 2 aromatic rings. The molecule has 0 aliphatic heterocycles. The van der Waals surface area contributed by atoms with Crippen molar-refractivity contribution in [1.29, 1.82) is 0 Å². The highest BCUT2D eigenvalue weighted by Crippen LogP contribution is 2.25. The number of ether oxygens (including phenoxy) is 2. The molecule has 11 nitrogen and oxygen atoms in total. The summed E-state index contributed by atoms with van der Waals surface area (Å²) in [5.74, 6) is -2.80. The molecule has 0 aliphatic rings. The van der Waals surface area contributed by atoms with Crippen LogP contribution in [0.4, 0.5) is 4.79 Å². The molecule has 0 fully saturated rings. The van der Waals surface area contributed by atoms with Crippen molar-refractivity contribution in [2.24, 2.45) is 5.73 Å². The molecule has 45 heavy (non-hydrogen) atoms. The summed E-state index contributed by atoms with van der Waals surface area (Å²) in [7, 11) is 0. The fourth-order valence-corrected chi connectivity index (χ4v) is 4.64. The van der Waals surface area contributed by atoms with Gasteiger partial charge in [-0.3, -0.25) is 14.4 Å². The highest BCUT2D eigenvalue weighted by Gasteiger charge is 2.38. The highest BCUT2D eigenvalue weighted by molar-refractivity contribution is 5.95. The van der Waals surface area contributed by atoms with Crippen LogP contribution in [0, 0.1) is 6.92 Å². The SMILES string of the molecule is CCCN(C(=O)C(CC(N)=O)NC(=O)OC(C)(C)C)C(C(=O)NC(Cc1ccccc1)C(=O)OC(C)(C)C)c1cccc(C)c1. The van der Waals surface area contributed by atoms with Crippen LogP contribution in [0.3, 0.4) is 0 Å². The number of aryl methyl sites for hydroxylation is 1. The molecule has 0 radical (unpaired) electrons. The van der Waals surface area contributed by atoms with E-state index in [4.69, 9.17) is 15.2 Å². The number of nitrogens with zero attached hydrogens (tertiary/aromatic N) is 1. The number of nitrogens with two attached hydrogens (primary N) is 1. The maximum atomic E-state index is 14.3. The predicted molar refractivity (Wildman–Crippen MR) is 171 cm³/mol. The van der Waals surface area contributed by atoms with E-state index >= 15 is 0 Å². The molecule has 11 heteroatoms. The molecule has 3 atom stereocenters. The molecule has 3 unspecified atom stereocenters. The van der Waals surface area contributed by atoms with E-state index in [9.17, 15) is 24.0 Å². The second-order valence-corrected chi connectivity index (χ2v) is 13.0.